The van der Waals surface area contributed by atoms with Crippen molar-refractivity contribution in [3.63, 3.8) is 0 Å². The van der Waals surface area contributed by atoms with Gasteiger partial charge in [-0.2, -0.15) is 0 Å². The Labute approximate surface area is 160 Å². The van der Waals surface area contributed by atoms with E-state index in [2.05, 4.69) is 15.5 Å². The molecule has 0 bridgehead atoms. The van der Waals surface area contributed by atoms with E-state index in [9.17, 15) is 4.79 Å². The first kappa shape index (κ1) is 18.8. The molecule has 2 heterocycles. The maximum Gasteiger partial charge on any atom is 0.284 e. The van der Waals surface area contributed by atoms with Gasteiger partial charge in [0.15, 0.2) is 17.3 Å². The van der Waals surface area contributed by atoms with Gasteiger partial charge in [0, 0.05) is 6.54 Å². The van der Waals surface area contributed by atoms with Crippen LogP contribution in [0.25, 0.3) is 11.7 Å². The predicted octanol–water partition coefficient (Wildman–Crippen LogP) is 3.14. The molecule has 9 heteroatoms. The van der Waals surface area contributed by atoms with Gasteiger partial charge in [0.25, 0.3) is 11.1 Å². The second-order valence-electron chi connectivity index (χ2n) is 5.52. The first-order valence-corrected chi connectivity index (χ1v) is 9.01. The summed E-state index contributed by atoms with van der Waals surface area (Å²) >= 11 is 1.18. The smallest absolute Gasteiger partial charge is 0.284 e. The van der Waals surface area contributed by atoms with Gasteiger partial charge in [-0.15, -0.1) is 10.2 Å². The molecule has 2 aromatic heterocycles. The molecule has 0 saturated carbocycles. The van der Waals surface area contributed by atoms with E-state index in [0.717, 1.165) is 5.56 Å². The van der Waals surface area contributed by atoms with Crippen LogP contribution in [0.15, 0.2) is 50.7 Å². The molecule has 142 valence electrons. The van der Waals surface area contributed by atoms with Crippen LogP contribution in [-0.2, 0) is 11.3 Å². The average Bonchev–Trinajstić information content (AvgIpc) is 3.37. The number of nitrogens with zero attached hydrogens (tertiary/aromatic N) is 2. The number of hydrogen-bond donors (Lipinski definition) is 1. The van der Waals surface area contributed by atoms with Crippen LogP contribution in [0.2, 0.25) is 0 Å². The van der Waals surface area contributed by atoms with Gasteiger partial charge in [-0.1, -0.05) is 17.8 Å². The van der Waals surface area contributed by atoms with Crippen LogP contribution < -0.4 is 14.8 Å². The lowest BCUT2D eigenvalue weighted by Crippen LogP contribution is -2.30. The molecule has 0 aliphatic carbocycles. The number of thioether (sulfide) groups is 1. The fraction of sp³-hybridized carbons (Fsp3) is 0.278. The Kier molecular flexibility index (Phi) is 6.02. The van der Waals surface area contributed by atoms with Crippen LogP contribution in [0.1, 0.15) is 12.5 Å². The van der Waals surface area contributed by atoms with Gasteiger partial charge in [-0.05, 0) is 36.8 Å². The van der Waals surface area contributed by atoms with Crippen LogP contribution >= 0.6 is 11.8 Å². The van der Waals surface area contributed by atoms with Crippen molar-refractivity contribution in [3.8, 4) is 23.1 Å². The van der Waals surface area contributed by atoms with Crippen LogP contribution in [0, 0.1) is 0 Å². The molecule has 0 aliphatic heterocycles. The van der Waals surface area contributed by atoms with E-state index >= 15 is 0 Å². The molecule has 3 aromatic rings. The fourth-order valence-corrected chi connectivity index (χ4v) is 2.99. The van der Waals surface area contributed by atoms with Gasteiger partial charge in [0.1, 0.15) is 0 Å². The Morgan fingerprint density at radius 3 is 2.74 bits per heavy atom. The molecule has 1 aromatic carbocycles. The Balaban J connectivity index is 1.55. The van der Waals surface area contributed by atoms with Gasteiger partial charge in [-0.25, -0.2) is 0 Å². The highest BCUT2D eigenvalue weighted by atomic mass is 32.2. The lowest BCUT2D eigenvalue weighted by atomic mass is 10.2. The summed E-state index contributed by atoms with van der Waals surface area (Å²) in [5.41, 5.74) is 0.899. The van der Waals surface area contributed by atoms with E-state index < -0.39 is 5.25 Å². The fourth-order valence-electron chi connectivity index (χ4n) is 2.29. The quantitative estimate of drug-likeness (QED) is 0.587. The topological polar surface area (TPSA) is 99.6 Å². The normalized spacial score (nSPS) is 11.8. The maximum absolute atomic E-state index is 12.3. The van der Waals surface area contributed by atoms with Crippen molar-refractivity contribution in [2.75, 3.05) is 14.2 Å². The Morgan fingerprint density at radius 2 is 2.04 bits per heavy atom. The van der Waals surface area contributed by atoms with E-state index in [1.807, 2.05) is 12.1 Å². The van der Waals surface area contributed by atoms with Gasteiger partial charge in [-0.3, -0.25) is 4.79 Å². The summed E-state index contributed by atoms with van der Waals surface area (Å²) in [7, 11) is 3.15. The molecular weight excluding hydrogens is 370 g/mol. The first-order valence-electron chi connectivity index (χ1n) is 8.13. The van der Waals surface area contributed by atoms with Gasteiger partial charge < -0.3 is 23.6 Å². The first-order chi connectivity index (χ1) is 13.1. The molecule has 1 atom stereocenters. The minimum atomic E-state index is -0.407. The van der Waals surface area contributed by atoms with E-state index in [0.29, 0.717) is 29.0 Å². The summed E-state index contributed by atoms with van der Waals surface area (Å²) < 4.78 is 21.2. The highest BCUT2D eigenvalue weighted by Crippen LogP contribution is 2.28. The van der Waals surface area contributed by atoms with Gasteiger partial charge >= 0.3 is 0 Å². The monoisotopic (exact) mass is 389 g/mol. The number of methoxy groups -OCH3 is 2. The molecule has 0 saturated heterocycles. The van der Waals surface area contributed by atoms with Crippen LogP contribution in [0.4, 0.5) is 0 Å². The average molecular weight is 389 g/mol. The van der Waals surface area contributed by atoms with Gasteiger partial charge in [0.2, 0.25) is 5.91 Å². The molecule has 0 aliphatic rings. The van der Waals surface area contributed by atoms with Crippen LogP contribution in [-0.4, -0.2) is 35.6 Å². The molecule has 1 amide bonds. The number of carbonyl (C=O) groups is 1. The molecule has 27 heavy (non-hydrogen) atoms. The van der Waals surface area contributed by atoms with Crippen molar-refractivity contribution < 1.29 is 23.1 Å². The minimum absolute atomic E-state index is 0.146. The Hall–Kier alpha value is -2.94. The number of furan rings is 1. The maximum atomic E-state index is 12.3. The van der Waals surface area contributed by atoms with E-state index in [1.54, 1.807) is 39.3 Å². The summed E-state index contributed by atoms with van der Waals surface area (Å²) in [6.07, 6.45) is 1.52. The zero-order valence-corrected chi connectivity index (χ0v) is 15.9. The lowest BCUT2D eigenvalue weighted by molar-refractivity contribution is -0.120. The number of aromatic nitrogens is 2. The van der Waals surface area contributed by atoms with Crippen molar-refractivity contribution in [2.45, 2.75) is 23.9 Å². The number of amides is 1. The van der Waals surface area contributed by atoms with Gasteiger partial charge in [0.05, 0.1) is 25.7 Å². The summed E-state index contributed by atoms with van der Waals surface area (Å²) in [6.45, 7) is 2.14. The second-order valence-corrected chi connectivity index (χ2v) is 6.81. The number of benzene rings is 1. The Bertz CT molecular complexity index is 894. The second kappa shape index (κ2) is 8.63. The molecule has 0 spiro atoms. The molecule has 3 rings (SSSR count). The molecule has 0 unspecified atom stereocenters. The predicted molar refractivity (Wildman–Crippen MR) is 98.7 cm³/mol. The van der Waals surface area contributed by atoms with E-state index in [4.69, 9.17) is 18.3 Å². The van der Waals surface area contributed by atoms with Crippen LogP contribution in [0.5, 0.6) is 11.5 Å². The third-order valence-corrected chi connectivity index (χ3v) is 4.63. The largest absolute Gasteiger partial charge is 0.493 e. The third-order valence-electron chi connectivity index (χ3n) is 3.70. The number of carbonyl (C=O) groups excluding carboxylic acids is 1. The van der Waals surface area contributed by atoms with Crippen LogP contribution in [0.3, 0.4) is 0 Å². The Morgan fingerprint density at radius 1 is 1.22 bits per heavy atom. The van der Waals surface area contributed by atoms with Crippen molar-refractivity contribution in [1.82, 2.24) is 15.5 Å². The highest BCUT2D eigenvalue weighted by molar-refractivity contribution is 8.00. The molecule has 8 nitrogen and oxygen atoms in total. The SMILES string of the molecule is COc1ccc(CNC(=O)[C@H](C)Sc2nnc(-c3ccco3)o2)cc1OC. The number of rotatable bonds is 8. The van der Waals surface area contributed by atoms with Crippen molar-refractivity contribution in [1.29, 1.82) is 0 Å². The molecule has 0 fully saturated rings. The number of ether oxygens (including phenoxy) is 2. The molecule has 0 radical (unpaired) electrons. The lowest BCUT2D eigenvalue weighted by Gasteiger charge is -2.12. The van der Waals surface area contributed by atoms with Crippen molar-refractivity contribution in [2.24, 2.45) is 0 Å². The summed E-state index contributed by atoms with van der Waals surface area (Å²) in [5.74, 6) is 1.87. The van der Waals surface area contributed by atoms with Crippen molar-refractivity contribution >= 4 is 17.7 Å². The summed E-state index contributed by atoms with van der Waals surface area (Å²) in [6, 6.07) is 8.95. The third kappa shape index (κ3) is 4.62. The van der Waals surface area contributed by atoms with E-state index in [1.165, 1.54) is 18.0 Å². The standard InChI is InChI=1S/C18H19N3O5S/c1-11(27-18-21-20-17(26-18)14-5-4-8-25-14)16(22)19-10-12-6-7-13(23-2)15(9-12)24-3/h4-9,11H,10H2,1-3H3,(H,19,22)/t11-/m0/s1. The number of hydrogen-bond acceptors (Lipinski definition) is 8. The highest BCUT2D eigenvalue weighted by Gasteiger charge is 2.19. The minimum Gasteiger partial charge on any atom is -0.493 e. The summed E-state index contributed by atoms with van der Waals surface area (Å²) in [5, 5.41) is 10.6. The molecule has 1 N–H and O–H groups in total. The summed E-state index contributed by atoms with van der Waals surface area (Å²) in [4.78, 5) is 12.3. The van der Waals surface area contributed by atoms with E-state index in [-0.39, 0.29) is 11.8 Å². The number of nitrogens with one attached hydrogen (secondary N) is 1. The molecular formula is C18H19N3O5S. The zero-order valence-electron chi connectivity index (χ0n) is 15.1. The van der Waals surface area contributed by atoms with Crippen molar-refractivity contribution in [3.05, 3.63) is 42.2 Å². The zero-order chi connectivity index (χ0) is 19.2.